The van der Waals surface area contributed by atoms with Crippen LogP contribution in [-0.2, 0) is 4.57 Å². The molecule has 0 atom stereocenters. The molecule has 2 fully saturated rings. The standard InChI is InChI=1S/C14H23N2O3P/c17-20(15-9-3-1-4-10-15,16-11-5-2-6-12-16)19-14-8-7-13-18-14/h7-8,13H,1-6,9-12H2. The SMILES string of the molecule is O=P(Oc1ccco1)(N1CCCCC1)N1CCCCC1. The molecule has 20 heavy (non-hydrogen) atoms. The Morgan fingerprint density at radius 3 is 1.95 bits per heavy atom. The van der Waals surface area contributed by atoms with Crippen LogP contribution in [0.3, 0.4) is 0 Å². The summed E-state index contributed by atoms with van der Waals surface area (Å²) in [7, 11) is -2.99. The first-order chi connectivity index (χ1) is 9.79. The Labute approximate surface area is 120 Å². The summed E-state index contributed by atoms with van der Waals surface area (Å²) in [5, 5.41) is 0. The number of hydrogen-bond acceptors (Lipinski definition) is 3. The molecule has 3 heterocycles. The number of furan rings is 1. The van der Waals surface area contributed by atoms with Crippen LogP contribution in [0.5, 0.6) is 5.95 Å². The molecule has 0 saturated carbocycles. The zero-order chi connectivity index (χ0) is 13.8. The fourth-order valence-corrected chi connectivity index (χ4v) is 5.49. The molecular formula is C14H23N2O3P. The van der Waals surface area contributed by atoms with Gasteiger partial charge in [-0.15, -0.1) is 0 Å². The van der Waals surface area contributed by atoms with Crippen LogP contribution in [0.15, 0.2) is 22.8 Å². The van der Waals surface area contributed by atoms with Crippen LogP contribution in [0.25, 0.3) is 0 Å². The Bertz CT molecular complexity index is 429. The normalized spacial score (nSPS) is 22.8. The lowest BCUT2D eigenvalue weighted by Crippen LogP contribution is -2.39. The van der Waals surface area contributed by atoms with Gasteiger partial charge in [-0.25, -0.2) is 13.9 Å². The molecule has 3 rings (SSSR count). The number of rotatable bonds is 4. The molecule has 2 aliphatic rings. The smallest absolute Gasteiger partial charge is 0.398 e. The second-order valence-electron chi connectivity index (χ2n) is 5.54. The average molecular weight is 298 g/mol. The van der Waals surface area contributed by atoms with E-state index in [2.05, 4.69) is 0 Å². The van der Waals surface area contributed by atoms with E-state index in [9.17, 15) is 4.57 Å². The number of piperidine rings is 2. The molecule has 0 radical (unpaired) electrons. The Hall–Kier alpha value is -0.770. The first-order valence-electron chi connectivity index (χ1n) is 7.63. The van der Waals surface area contributed by atoms with E-state index in [4.69, 9.17) is 8.94 Å². The number of nitrogens with zero attached hydrogens (tertiary/aromatic N) is 2. The Morgan fingerprint density at radius 2 is 1.50 bits per heavy atom. The van der Waals surface area contributed by atoms with Crippen molar-refractivity contribution in [2.45, 2.75) is 38.5 Å². The van der Waals surface area contributed by atoms with Crippen LogP contribution in [0, 0.1) is 0 Å². The maximum Gasteiger partial charge on any atom is 0.398 e. The monoisotopic (exact) mass is 298 g/mol. The zero-order valence-electron chi connectivity index (χ0n) is 11.9. The molecule has 6 heteroatoms. The van der Waals surface area contributed by atoms with Crippen molar-refractivity contribution in [2.75, 3.05) is 26.2 Å². The van der Waals surface area contributed by atoms with E-state index in [0.717, 1.165) is 51.9 Å². The molecule has 112 valence electrons. The molecule has 0 unspecified atom stereocenters. The van der Waals surface area contributed by atoms with Crippen molar-refractivity contribution < 1.29 is 13.5 Å². The highest BCUT2D eigenvalue weighted by Gasteiger charge is 2.41. The van der Waals surface area contributed by atoms with Gasteiger partial charge in [0.25, 0.3) is 5.95 Å². The Kier molecular flexibility index (Phi) is 4.49. The lowest BCUT2D eigenvalue weighted by molar-refractivity contribution is 0.220. The molecule has 2 saturated heterocycles. The molecule has 1 aromatic rings. The first-order valence-corrected chi connectivity index (χ1v) is 9.16. The Balaban J connectivity index is 1.82. The summed E-state index contributed by atoms with van der Waals surface area (Å²) >= 11 is 0. The van der Waals surface area contributed by atoms with Gasteiger partial charge in [-0.3, -0.25) is 0 Å². The molecular weight excluding hydrogens is 275 g/mol. The summed E-state index contributed by atoms with van der Waals surface area (Å²) < 4.78 is 28.8. The summed E-state index contributed by atoms with van der Waals surface area (Å²) in [6.07, 6.45) is 8.39. The van der Waals surface area contributed by atoms with E-state index >= 15 is 0 Å². The van der Waals surface area contributed by atoms with E-state index in [1.165, 1.54) is 12.8 Å². The summed E-state index contributed by atoms with van der Waals surface area (Å²) in [4.78, 5) is 0. The van der Waals surface area contributed by atoms with E-state index in [0.29, 0.717) is 5.95 Å². The first kappa shape index (κ1) is 14.2. The zero-order valence-corrected chi connectivity index (χ0v) is 12.8. The maximum atomic E-state index is 13.6. The quantitative estimate of drug-likeness (QED) is 0.792. The third-order valence-electron chi connectivity index (χ3n) is 4.08. The lowest BCUT2D eigenvalue weighted by atomic mass is 10.2. The van der Waals surface area contributed by atoms with E-state index in [1.807, 2.05) is 9.34 Å². The van der Waals surface area contributed by atoms with Crippen molar-refractivity contribution >= 4 is 7.67 Å². The molecule has 0 spiro atoms. The lowest BCUT2D eigenvalue weighted by Gasteiger charge is -2.40. The number of hydrogen-bond donors (Lipinski definition) is 0. The summed E-state index contributed by atoms with van der Waals surface area (Å²) in [5.41, 5.74) is 0. The van der Waals surface area contributed by atoms with Crippen molar-refractivity contribution in [1.82, 2.24) is 9.34 Å². The fourth-order valence-electron chi connectivity index (χ4n) is 2.99. The molecule has 5 nitrogen and oxygen atoms in total. The van der Waals surface area contributed by atoms with Gasteiger partial charge < -0.3 is 8.94 Å². The predicted octanol–water partition coefficient (Wildman–Crippen LogP) is 3.74. The van der Waals surface area contributed by atoms with Crippen LogP contribution < -0.4 is 4.52 Å². The average Bonchev–Trinajstić information content (AvgIpc) is 3.02. The van der Waals surface area contributed by atoms with E-state index < -0.39 is 7.67 Å². The topological polar surface area (TPSA) is 45.9 Å². The van der Waals surface area contributed by atoms with Gasteiger partial charge in [-0.2, -0.15) is 0 Å². The third-order valence-corrected chi connectivity index (χ3v) is 6.73. The van der Waals surface area contributed by atoms with Crippen LogP contribution in [-0.4, -0.2) is 35.5 Å². The van der Waals surface area contributed by atoms with Crippen LogP contribution in [0.1, 0.15) is 38.5 Å². The largest absolute Gasteiger partial charge is 0.434 e. The summed E-state index contributed by atoms with van der Waals surface area (Å²) in [6.45, 7) is 3.42. The fraction of sp³-hybridized carbons (Fsp3) is 0.714. The second kappa shape index (κ2) is 6.33. The minimum absolute atomic E-state index is 0.365. The van der Waals surface area contributed by atoms with Crippen molar-refractivity contribution in [3.63, 3.8) is 0 Å². The second-order valence-corrected chi connectivity index (χ2v) is 7.84. The van der Waals surface area contributed by atoms with Gasteiger partial charge in [0.15, 0.2) is 0 Å². The van der Waals surface area contributed by atoms with Gasteiger partial charge >= 0.3 is 7.67 Å². The Morgan fingerprint density at radius 1 is 0.950 bits per heavy atom. The van der Waals surface area contributed by atoms with Crippen molar-refractivity contribution in [1.29, 1.82) is 0 Å². The summed E-state index contributed by atoms with van der Waals surface area (Å²) in [6, 6.07) is 3.51. The minimum atomic E-state index is -2.99. The third kappa shape index (κ3) is 2.95. The van der Waals surface area contributed by atoms with Gasteiger partial charge in [0, 0.05) is 32.2 Å². The van der Waals surface area contributed by atoms with Crippen LogP contribution in [0.4, 0.5) is 0 Å². The van der Waals surface area contributed by atoms with Crippen molar-refractivity contribution in [3.05, 3.63) is 18.4 Å². The highest BCUT2D eigenvalue weighted by Crippen LogP contribution is 2.55. The van der Waals surface area contributed by atoms with E-state index in [1.54, 1.807) is 18.4 Å². The minimum Gasteiger partial charge on any atom is -0.434 e. The molecule has 0 aromatic carbocycles. The van der Waals surface area contributed by atoms with Gasteiger partial charge in [0.05, 0.1) is 6.26 Å². The highest BCUT2D eigenvalue weighted by molar-refractivity contribution is 7.54. The molecule has 0 aliphatic carbocycles. The highest BCUT2D eigenvalue weighted by atomic mass is 31.2. The maximum absolute atomic E-state index is 13.6. The molecule has 0 amide bonds. The summed E-state index contributed by atoms with van der Waals surface area (Å²) in [5.74, 6) is 0.365. The van der Waals surface area contributed by atoms with Crippen LogP contribution >= 0.6 is 7.67 Å². The molecule has 1 aromatic heterocycles. The van der Waals surface area contributed by atoms with Gasteiger partial charge in [0.2, 0.25) is 0 Å². The predicted molar refractivity (Wildman–Crippen MR) is 77.8 cm³/mol. The van der Waals surface area contributed by atoms with Gasteiger partial charge in [-0.05, 0) is 31.7 Å². The molecule has 2 aliphatic heterocycles. The van der Waals surface area contributed by atoms with E-state index in [-0.39, 0.29) is 0 Å². The van der Waals surface area contributed by atoms with Gasteiger partial charge in [-0.1, -0.05) is 12.8 Å². The van der Waals surface area contributed by atoms with Crippen molar-refractivity contribution in [2.24, 2.45) is 0 Å². The molecule has 0 N–H and O–H groups in total. The van der Waals surface area contributed by atoms with Crippen LogP contribution in [0.2, 0.25) is 0 Å². The van der Waals surface area contributed by atoms with Gasteiger partial charge in [0.1, 0.15) is 0 Å². The van der Waals surface area contributed by atoms with Crippen molar-refractivity contribution in [3.8, 4) is 5.95 Å². The molecule has 0 bridgehead atoms.